The maximum Gasteiger partial charge on any atom is 0.387 e. The van der Waals surface area contributed by atoms with Gasteiger partial charge in [-0.3, -0.25) is 0 Å². The molecule has 1 fully saturated rings. The Labute approximate surface area is 103 Å². The standard InChI is InChI=1S/C12H13F2NOS/c1-8-7-11(8)15(2)17-10-5-3-9(4-6-10)16-12(13)14/h3-6,11-12H,1,7H2,2H3/t11-/m1/s1. The molecule has 0 saturated heterocycles. The number of benzene rings is 1. The van der Waals surface area contributed by atoms with Crippen molar-refractivity contribution in [2.75, 3.05) is 7.05 Å². The van der Waals surface area contributed by atoms with Crippen molar-refractivity contribution in [3.63, 3.8) is 0 Å². The molecule has 0 aromatic heterocycles. The molecule has 1 aromatic carbocycles. The molecule has 1 saturated carbocycles. The van der Waals surface area contributed by atoms with Crippen molar-refractivity contribution in [2.45, 2.75) is 24.0 Å². The van der Waals surface area contributed by atoms with Crippen LogP contribution < -0.4 is 4.74 Å². The molecule has 1 aliphatic carbocycles. The molecule has 0 unspecified atom stereocenters. The van der Waals surface area contributed by atoms with Crippen molar-refractivity contribution < 1.29 is 13.5 Å². The molecular formula is C12H13F2NOS. The number of halogens is 2. The van der Waals surface area contributed by atoms with Crippen LogP contribution in [0.2, 0.25) is 0 Å². The lowest BCUT2D eigenvalue weighted by atomic mass is 10.3. The quantitative estimate of drug-likeness (QED) is 0.591. The number of hydrogen-bond acceptors (Lipinski definition) is 3. The SMILES string of the molecule is C=C1C[C@H]1N(C)Sc1ccc(OC(F)F)cc1. The lowest BCUT2D eigenvalue weighted by Gasteiger charge is -2.14. The molecule has 2 rings (SSSR count). The Morgan fingerprint density at radius 1 is 1.41 bits per heavy atom. The highest BCUT2D eigenvalue weighted by Crippen LogP contribution is 2.38. The van der Waals surface area contributed by atoms with Crippen LogP contribution in [0.3, 0.4) is 0 Å². The van der Waals surface area contributed by atoms with E-state index in [0.29, 0.717) is 6.04 Å². The van der Waals surface area contributed by atoms with E-state index in [-0.39, 0.29) is 5.75 Å². The summed E-state index contributed by atoms with van der Waals surface area (Å²) in [5.74, 6) is 0.183. The van der Waals surface area contributed by atoms with Gasteiger partial charge in [0.25, 0.3) is 0 Å². The number of alkyl halides is 2. The predicted octanol–water partition coefficient (Wildman–Crippen LogP) is 3.56. The minimum atomic E-state index is -2.77. The molecule has 17 heavy (non-hydrogen) atoms. The normalized spacial score (nSPS) is 18.9. The fourth-order valence-corrected chi connectivity index (χ4v) is 2.43. The molecular weight excluding hydrogens is 244 g/mol. The second-order valence-electron chi connectivity index (χ2n) is 3.87. The van der Waals surface area contributed by atoms with Crippen molar-refractivity contribution in [3.05, 3.63) is 36.4 Å². The number of hydrogen-bond donors (Lipinski definition) is 0. The third-order valence-corrected chi connectivity index (χ3v) is 3.53. The van der Waals surface area contributed by atoms with Gasteiger partial charge in [-0.25, -0.2) is 4.31 Å². The summed E-state index contributed by atoms with van der Waals surface area (Å²) in [5.41, 5.74) is 1.23. The van der Waals surface area contributed by atoms with Gasteiger partial charge in [0.05, 0.1) is 0 Å². The van der Waals surface area contributed by atoms with Gasteiger partial charge < -0.3 is 4.74 Å². The van der Waals surface area contributed by atoms with Gasteiger partial charge in [0, 0.05) is 10.9 Å². The third-order valence-electron chi connectivity index (χ3n) is 2.50. The van der Waals surface area contributed by atoms with Crippen LogP contribution in [0, 0.1) is 0 Å². The fraction of sp³-hybridized carbons (Fsp3) is 0.333. The van der Waals surface area contributed by atoms with E-state index in [0.717, 1.165) is 11.3 Å². The highest BCUT2D eigenvalue weighted by molar-refractivity contribution is 7.97. The minimum Gasteiger partial charge on any atom is -0.435 e. The van der Waals surface area contributed by atoms with Crippen LogP contribution in [-0.2, 0) is 0 Å². The van der Waals surface area contributed by atoms with Crippen molar-refractivity contribution >= 4 is 11.9 Å². The first-order valence-corrected chi connectivity index (χ1v) is 5.97. The average molecular weight is 257 g/mol. The first kappa shape index (κ1) is 12.4. The van der Waals surface area contributed by atoms with Crippen LogP contribution in [0.15, 0.2) is 41.3 Å². The third kappa shape index (κ3) is 3.44. The fourth-order valence-electron chi connectivity index (χ4n) is 1.49. The first-order chi connectivity index (χ1) is 8.06. The molecule has 0 aliphatic heterocycles. The first-order valence-electron chi connectivity index (χ1n) is 5.19. The van der Waals surface area contributed by atoms with Crippen LogP contribution in [0.4, 0.5) is 8.78 Å². The van der Waals surface area contributed by atoms with Crippen LogP contribution in [0.25, 0.3) is 0 Å². The number of likely N-dealkylation sites (N-methyl/N-ethyl adjacent to an activating group) is 1. The zero-order chi connectivity index (χ0) is 12.4. The molecule has 0 spiro atoms. The van der Waals surface area contributed by atoms with Gasteiger partial charge in [0.15, 0.2) is 0 Å². The van der Waals surface area contributed by atoms with E-state index < -0.39 is 6.61 Å². The van der Waals surface area contributed by atoms with Crippen LogP contribution >= 0.6 is 11.9 Å². The molecule has 0 bridgehead atoms. The van der Waals surface area contributed by atoms with Crippen LogP contribution in [0.5, 0.6) is 5.75 Å². The maximum absolute atomic E-state index is 11.9. The van der Waals surface area contributed by atoms with E-state index in [4.69, 9.17) is 0 Å². The Bertz CT molecular complexity index is 407. The van der Waals surface area contributed by atoms with Crippen molar-refractivity contribution in [1.29, 1.82) is 0 Å². The van der Waals surface area contributed by atoms with E-state index in [1.54, 1.807) is 36.2 Å². The van der Waals surface area contributed by atoms with Crippen LogP contribution in [-0.4, -0.2) is 24.0 Å². The van der Waals surface area contributed by atoms with Crippen molar-refractivity contribution in [2.24, 2.45) is 0 Å². The van der Waals surface area contributed by atoms with E-state index in [1.807, 2.05) is 7.05 Å². The molecule has 5 heteroatoms. The Morgan fingerprint density at radius 3 is 2.47 bits per heavy atom. The Kier molecular flexibility index (Phi) is 3.69. The molecule has 0 heterocycles. The second kappa shape index (κ2) is 5.06. The summed E-state index contributed by atoms with van der Waals surface area (Å²) in [5, 5.41) is 0. The Balaban J connectivity index is 1.91. The highest BCUT2D eigenvalue weighted by atomic mass is 32.2. The zero-order valence-corrected chi connectivity index (χ0v) is 10.2. The van der Waals surface area contributed by atoms with Gasteiger partial charge >= 0.3 is 6.61 Å². The summed E-state index contributed by atoms with van der Waals surface area (Å²) in [7, 11) is 2.00. The highest BCUT2D eigenvalue weighted by Gasteiger charge is 2.31. The second-order valence-corrected chi connectivity index (χ2v) is 5.10. The lowest BCUT2D eigenvalue weighted by Crippen LogP contribution is -2.11. The summed E-state index contributed by atoms with van der Waals surface area (Å²) >= 11 is 1.57. The van der Waals surface area contributed by atoms with Gasteiger partial charge in [0.1, 0.15) is 5.75 Å². The van der Waals surface area contributed by atoms with Crippen LogP contribution in [0.1, 0.15) is 6.42 Å². The predicted molar refractivity (Wildman–Crippen MR) is 64.2 cm³/mol. The zero-order valence-electron chi connectivity index (χ0n) is 9.40. The molecule has 0 radical (unpaired) electrons. The number of rotatable bonds is 5. The Morgan fingerprint density at radius 2 is 2.00 bits per heavy atom. The monoisotopic (exact) mass is 257 g/mol. The van der Waals surface area contributed by atoms with Gasteiger partial charge in [-0.15, -0.1) is 0 Å². The lowest BCUT2D eigenvalue weighted by molar-refractivity contribution is -0.0498. The van der Waals surface area contributed by atoms with E-state index in [9.17, 15) is 8.78 Å². The molecule has 0 amide bonds. The van der Waals surface area contributed by atoms with Gasteiger partial charge in [0.2, 0.25) is 0 Å². The summed E-state index contributed by atoms with van der Waals surface area (Å²) in [6.45, 7) is 1.13. The summed E-state index contributed by atoms with van der Waals surface area (Å²) < 4.78 is 30.3. The van der Waals surface area contributed by atoms with E-state index in [2.05, 4.69) is 15.6 Å². The van der Waals surface area contributed by atoms with E-state index >= 15 is 0 Å². The summed E-state index contributed by atoms with van der Waals surface area (Å²) in [4.78, 5) is 0.994. The minimum absolute atomic E-state index is 0.183. The smallest absolute Gasteiger partial charge is 0.387 e. The summed E-state index contributed by atoms with van der Waals surface area (Å²) in [6, 6.07) is 7.07. The molecule has 2 nitrogen and oxygen atoms in total. The van der Waals surface area contributed by atoms with Gasteiger partial charge in [-0.1, -0.05) is 12.2 Å². The van der Waals surface area contributed by atoms with E-state index in [1.165, 1.54) is 5.57 Å². The van der Waals surface area contributed by atoms with Gasteiger partial charge in [-0.2, -0.15) is 8.78 Å². The molecule has 1 atom stereocenters. The largest absolute Gasteiger partial charge is 0.435 e. The average Bonchev–Trinajstić information content (AvgIpc) is 2.98. The van der Waals surface area contributed by atoms with Crippen molar-refractivity contribution in [3.8, 4) is 5.75 Å². The molecule has 1 aliphatic rings. The topological polar surface area (TPSA) is 12.5 Å². The molecule has 92 valence electrons. The maximum atomic E-state index is 11.9. The molecule has 0 N–H and O–H groups in total. The summed E-state index contributed by atoms with van der Waals surface area (Å²) in [6.07, 6.45) is 1.04. The molecule has 1 aromatic rings. The number of ether oxygens (including phenoxy) is 1. The number of nitrogens with zero attached hydrogens (tertiary/aromatic N) is 1. The van der Waals surface area contributed by atoms with Crippen molar-refractivity contribution in [1.82, 2.24) is 4.31 Å². The Hall–Kier alpha value is -1.07. The van der Waals surface area contributed by atoms with Gasteiger partial charge in [-0.05, 0) is 49.7 Å².